The van der Waals surface area contributed by atoms with Crippen molar-refractivity contribution in [1.29, 1.82) is 0 Å². The highest BCUT2D eigenvalue weighted by Gasteiger charge is 2.57. The molecule has 0 saturated heterocycles. The summed E-state index contributed by atoms with van der Waals surface area (Å²) in [6.07, 6.45) is 4.02. The molecular formula is C26H24F2O2S. The minimum Gasteiger partial charge on any atom is -0.221 e. The maximum Gasteiger partial charge on any atom is 0.236 e. The molecule has 2 unspecified atom stereocenters. The molecule has 0 fully saturated rings. The number of alkyl halides is 2. The predicted octanol–water partition coefficient (Wildman–Crippen LogP) is 6.60. The van der Waals surface area contributed by atoms with E-state index in [1.807, 2.05) is 36.4 Å². The van der Waals surface area contributed by atoms with E-state index in [0.717, 1.165) is 34.4 Å². The summed E-state index contributed by atoms with van der Waals surface area (Å²) < 4.78 is 59.1. The summed E-state index contributed by atoms with van der Waals surface area (Å²) in [5.74, 6) is 0. The summed E-state index contributed by atoms with van der Waals surface area (Å²) in [4.78, 5) is 0. The number of sulfone groups is 1. The first kappa shape index (κ1) is 21.4. The molecule has 2 aromatic rings. The van der Waals surface area contributed by atoms with Gasteiger partial charge in [0.15, 0.2) is 0 Å². The zero-order valence-electron chi connectivity index (χ0n) is 17.5. The van der Waals surface area contributed by atoms with Crippen LogP contribution in [0.15, 0.2) is 96.1 Å². The van der Waals surface area contributed by atoms with Crippen LogP contribution in [0.3, 0.4) is 0 Å². The van der Waals surface area contributed by atoms with Gasteiger partial charge in [0.05, 0.1) is 0 Å². The van der Waals surface area contributed by atoms with E-state index in [0.29, 0.717) is 11.1 Å². The molecule has 2 nitrogen and oxygen atoms in total. The Bertz CT molecular complexity index is 1130. The third-order valence-electron chi connectivity index (χ3n) is 6.09. The topological polar surface area (TPSA) is 34.1 Å². The fraction of sp³-hybridized carbons (Fsp3) is 0.231. The lowest BCUT2D eigenvalue weighted by molar-refractivity contribution is 0.281. The zero-order chi connectivity index (χ0) is 22.3. The number of allylic oxidation sites excluding steroid dienone is 6. The molecule has 0 N–H and O–H groups in total. The molecule has 0 bridgehead atoms. The van der Waals surface area contributed by atoms with Crippen LogP contribution in [0.5, 0.6) is 0 Å². The van der Waals surface area contributed by atoms with Gasteiger partial charge in [-0.15, -0.1) is 0 Å². The van der Waals surface area contributed by atoms with Crippen molar-refractivity contribution in [2.24, 2.45) is 0 Å². The largest absolute Gasteiger partial charge is 0.236 e. The monoisotopic (exact) mass is 438 g/mol. The van der Waals surface area contributed by atoms with Crippen molar-refractivity contribution in [3.05, 3.63) is 107 Å². The van der Waals surface area contributed by atoms with E-state index < -0.39 is 32.7 Å². The third kappa shape index (κ3) is 3.61. The SMILES string of the molecule is CC1=C(c2ccccc2)CC(F)(S(=O)(=O)C2(F)C=CC(C)=C(c3ccccc3)C2)C=C1. The second kappa shape index (κ2) is 7.72. The average molecular weight is 439 g/mol. The van der Waals surface area contributed by atoms with Crippen molar-refractivity contribution < 1.29 is 17.2 Å². The second-order valence-corrected chi connectivity index (χ2v) is 10.5. The Labute approximate surface area is 182 Å². The summed E-state index contributed by atoms with van der Waals surface area (Å²) in [5, 5.41) is -5.69. The average Bonchev–Trinajstić information content (AvgIpc) is 2.78. The van der Waals surface area contributed by atoms with Crippen LogP contribution >= 0.6 is 0 Å². The highest BCUT2D eigenvalue weighted by atomic mass is 32.2. The Morgan fingerprint density at radius 3 is 1.39 bits per heavy atom. The van der Waals surface area contributed by atoms with Gasteiger partial charge in [0.1, 0.15) is 0 Å². The Kier molecular flexibility index (Phi) is 5.34. The van der Waals surface area contributed by atoms with E-state index in [1.54, 1.807) is 38.1 Å². The highest BCUT2D eigenvalue weighted by molar-refractivity contribution is 7.94. The van der Waals surface area contributed by atoms with Gasteiger partial charge in [0.2, 0.25) is 19.8 Å². The third-order valence-corrected chi connectivity index (χ3v) is 8.44. The van der Waals surface area contributed by atoms with E-state index in [-0.39, 0.29) is 0 Å². The highest BCUT2D eigenvalue weighted by Crippen LogP contribution is 2.48. The Morgan fingerprint density at radius 1 is 0.677 bits per heavy atom. The molecule has 2 aliphatic carbocycles. The predicted molar refractivity (Wildman–Crippen MR) is 122 cm³/mol. The summed E-state index contributed by atoms with van der Waals surface area (Å²) in [5.41, 5.74) is 4.12. The number of rotatable bonds is 4. The molecule has 2 aromatic carbocycles. The lowest BCUT2D eigenvalue weighted by Crippen LogP contribution is -2.47. The number of hydrogen-bond donors (Lipinski definition) is 0. The van der Waals surface area contributed by atoms with Gasteiger partial charge in [0.25, 0.3) is 0 Å². The summed E-state index contributed by atoms with van der Waals surface area (Å²) in [6.45, 7) is 3.60. The molecule has 0 heterocycles. The van der Waals surface area contributed by atoms with Gasteiger partial charge in [-0.3, -0.25) is 0 Å². The summed E-state index contributed by atoms with van der Waals surface area (Å²) in [7, 11) is -4.89. The first-order valence-corrected chi connectivity index (χ1v) is 11.7. The van der Waals surface area contributed by atoms with E-state index in [9.17, 15) is 8.42 Å². The Morgan fingerprint density at radius 2 is 1.03 bits per heavy atom. The van der Waals surface area contributed by atoms with Crippen molar-refractivity contribution in [1.82, 2.24) is 0 Å². The van der Waals surface area contributed by atoms with Crippen LogP contribution in [0.2, 0.25) is 0 Å². The standard InChI is InChI=1S/C26H24F2O2S/c1-19-13-15-25(27,17-23(19)21-9-5-3-6-10-21)31(29,30)26(28)16-14-20(2)24(18-26)22-11-7-4-8-12-22/h3-16H,17-18H2,1-2H3. The van der Waals surface area contributed by atoms with Gasteiger partial charge in [-0.1, -0.05) is 72.8 Å². The van der Waals surface area contributed by atoms with Crippen LogP contribution < -0.4 is 0 Å². The minimum atomic E-state index is -4.89. The van der Waals surface area contributed by atoms with E-state index in [4.69, 9.17) is 0 Å². The molecule has 0 aliphatic heterocycles. The minimum absolute atomic E-state index is 0.426. The Balaban J connectivity index is 1.72. The quantitative estimate of drug-likeness (QED) is 0.539. The molecular weight excluding hydrogens is 414 g/mol. The molecule has 31 heavy (non-hydrogen) atoms. The van der Waals surface area contributed by atoms with Crippen molar-refractivity contribution in [3.63, 3.8) is 0 Å². The smallest absolute Gasteiger partial charge is 0.221 e. The fourth-order valence-corrected chi connectivity index (χ4v) is 5.90. The molecule has 160 valence electrons. The number of halogens is 2. The first-order chi connectivity index (χ1) is 14.7. The van der Waals surface area contributed by atoms with Gasteiger partial charge in [-0.05, 0) is 59.4 Å². The lowest BCUT2D eigenvalue weighted by Gasteiger charge is -2.35. The molecule has 5 heteroatoms. The van der Waals surface area contributed by atoms with Crippen molar-refractivity contribution in [2.45, 2.75) is 36.7 Å². The van der Waals surface area contributed by atoms with E-state index >= 15 is 8.78 Å². The molecule has 0 radical (unpaired) electrons. The fourth-order valence-electron chi connectivity index (χ4n) is 4.17. The lowest BCUT2D eigenvalue weighted by atomic mass is 9.91. The van der Waals surface area contributed by atoms with Crippen molar-refractivity contribution >= 4 is 21.0 Å². The van der Waals surface area contributed by atoms with Gasteiger partial charge >= 0.3 is 0 Å². The van der Waals surface area contributed by atoms with Crippen LogP contribution in [-0.2, 0) is 9.84 Å². The molecule has 4 rings (SSSR count). The van der Waals surface area contributed by atoms with Crippen LogP contribution in [0.1, 0.15) is 37.8 Å². The van der Waals surface area contributed by atoms with Crippen LogP contribution in [0.25, 0.3) is 11.1 Å². The molecule has 0 amide bonds. The van der Waals surface area contributed by atoms with Gasteiger partial charge < -0.3 is 0 Å². The van der Waals surface area contributed by atoms with Crippen LogP contribution in [0.4, 0.5) is 8.78 Å². The zero-order valence-corrected chi connectivity index (χ0v) is 18.3. The number of hydrogen-bond acceptors (Lipinski definition) is 2. The molecule has 2 atom stereocenters. The maximum atomic E-state index is 16.1. The second-order valence-electron chi connectivity index (χ2n) is 8.15. The van der Waals surface area contributed by atoms with Gasteiger partial charge in [-0.2, -0.15) is 0 Å². The van der Waals surface area contributed by atoms with Crippen molar-refractivity contribution in [3.8, 4) is 0 Å². The maximum absolute atomic E-state index is 16.1. The van der Waals surface area contributed by atoms with Gasteiger partial charge in [0, 0.05) is 12.8 Å². The number of benzene rings is 2. The van der Waals surface area contributed by atoms with E-state index in [1.165, 1.54) is 12.2 Å². The van der Waals surface area contributed by atoms with Gasteiger partial charge in [-0.25, -0.2) is 17.2 Å². The van der Waals surface area contributed by atoms with Crippen LogP contribution in [-0.4, -0.2) is 18.4 Å². The van der Waals surface area contributed by atoms with Crippen LogP contribution in [0, 0.1) is 0 Å². The first-order valence-electron chi connectivity index (χ1n) is 10.2. The molecule has 0 saturated carbocycles. The summed E-state index contributed by atoms with van der Waals surface area (Å²) in [6, 6.07) is 18.1. The normalized spacial score (nSPS) is 26.5. The molecule has 0 aromatic heterocycles. The molecule has 0 spiro atoms. The van der Waals surface area contributed by atoms with E-state index in [2.05, 4.69) is 0 Å². The molecule has 2 aliphatic rings. The summed E-state index contributed by atoms with van der Waals surface area (Å²) >= 11 is 0. The van der Waals surface area contributed by atoms with Crippen molar-refractivity contribution in [2.75, 3.05) is 0 Å². The Hall–Kier alpha value is -2.79.